The standard InChI is InChI=1S/C15H13BrClI/c1-2-10-3-5-11(6-4-10)15(16)12-7-8-14(18)13(17)9-12/h3-9,15H,2H2,1H3. The van der Waals surface area contributed by atoms with E-state index in [0.717, 1.165) is 15.0 Å². The average molecular weight is 436 g/mol. The fourth-order valence-corrected chi connectivity index (χ4v) is 2.90. The second-order valence-corrected chi connectivity index (χ2v) is 6.62. The molecule has 0 bridgehead atoms. The van der Waals surface area contributed by atoms with Gasteiger partial charge in [-0.3, -0.25) is 0 Å². The molecule has 0 aliphatic carbocycles. The fraction of sp³-hybridized carbons (Fsp3) is 0.200. The van der Waals surface area contributed by atoms with E-state index in [0.29, 0.717) is 0 Å². The first kappa shape index (κ1) is 14.4. The van der Waals surface area contributed by atoms with Gasteiger partial charge in [-0.1, -0.05) is 64.8 Å². The molecule has 1 atom stereocenters. The number of hydrogen-bond acceptors (Lipinski definition) is 0. The Hall–Kier alpha value is -0.0600. The summed E-state index contributed by atoms with van der Waals surface area (Å²) in [4.78, 5) is 0.193. The third kappa shape index (κ3) is 3.28. The van der Waals surface area contributed by atoms with Gasteiger partial charge >= 0.3 is 0 Å². The average Bonchev–Trinajstić information content (AvgIpc) is 2.41. The zero-order valence-electron chi connectivity index (χ0n) is 9.96. The van der Waals surface area contributed by atoms with Crippen LogP contribution in [-0.2, 0) is 6.42 Å². The molecule has 2 aromatic rings. The highest BCUT2D eigenvalue weighted by Crippen LogP contribution is 2.33. The largest absolute Gasteiger partial charge is 0.0832 e. The van der Waals surface area contributed by atoms with Crippen LogP contribution in [0.4, 0.5) is 0 Å². The van der Waals surface area contributed by atoms with E-state index < -0.39 is 0 Å². The summed E-state index contributed by atoms with van der Waals surface area (Å²) in [5.41, 5.74) is 3.80. The van der Waals surface area contributed by atoms with Crippen molar-refractivity contribution in [3.05, 3.63) is 67.7 Å². The Bertz CT molecular complexity index is 537. The second kappa shape index (κ2) is 6.40. The van der Waals surface area contributed by atoms with Crippen LogP contribution in [0.25, 0.3) is 0 Å². The van der Waals surface area contributed by atoms with Gasteiger partial charge < -0.3 is 0 Å². The van der Waals surface area contributed by atoms with Crippen molar-refractivity contribution >= 4 is 50.1 Å². The van der Waals surface area contributed by atoms with Crippen LogP contribution in [0.2, 0.25) is 5.02 Å². The van der Waals surface area contributed by atoms with Gasteiger partial charge in [0.2, 0.25) is 0 Å². The normalized spacial score (nSPS) is 12.4. The number of alkyl halides is 1. The second-order valence-electron chi connectivity index (χ2n) is 4.13. The Labute approximate surface area is 135 Å². The van der Waals surface area contributed by atoms with E-state index in [4.69, 9.17) is 11.6 Å². The summed E-state index contributed by atoms with van der Waals surface area (Å²) in [5, 5.41) is 0.808. The molecular formula is C15H13BrClI. The zero-order valence-corrected chi connectivity index (χ0v) is 14.5. The minimum atomic E-state index is 0.193. The Balaban J connectivity index is 2.28. The maximum atomic E-state index is 6.16. The van der Waals surface area contributed by atoms with Gasteiger partial charge in [-0.05, 0) is 57.8 Å². The SMILES string of the molecule is CCc1ccc(C(Br)c2ccc(I)c(Cl)c2)cc1. The molecule has 3 heteroatoms. The lowest BCUT2D eigenvalue weighted by atomic mass is 10.0. The van der Waals surface area contributed by atoms with E-state index >= 15 is 0 Å². The van der Waals surface area contributed by atoms with Gasteiger partial charge in [0.15, 0.2) is 0 Å². The highest BCUT2D eigenvalue weighted by molar-refractivity contribution is 14.1. The summed E-state index contributed by atoms with van der Waals surface area (Å²) in [6, 6.07) is 14.9. The van der Waals surface area contributed by atoms with Gasteiger partial charge in [0.1, 0.15) is 0 Å². The van der Waals surface area contributed by atoms with Crippen molar-refractivity contribution in [2.45, 2.75) is 18.2 Å². The van der Waals surface area contributed by atoms with Crippen LogP contribution < -0.4 is 0 Å². The van der Waals surface area contributed by atoms with E-state index in [1.165, 1.54) is 16.7 Å². The van der Waals surface area contributed by atoms with Crippen molar-refractivity contribution in [2.24, 2.45) is 0 Å². The molecule has 1 unspecified atom stereocenters. The Morgan fingerprint density at radius 3 is 2.28 bits per heavy atom. The van der Waals surface area contributed by atoms with Crippen LogP contribution in [0.15, 0.2) is 42.5 Å². The molecule has 0 N–H and O–H groups in total. The van der Waals surface area contributed by atoms with Crippen LogP contribution in [0.3, 0.4) is 0 Å². The van der Waals surface area contributed by atoms with E-state index in [-0.39, 0.29) is 4.83 Å². The van der Waals surface area contributed by atoms with Crippen molar-refractivity contribution in [1.82, 2.24) is 0 Å². The highest BCUT2D eigenvalue weighted by Gasteiger charge is 2.11. The summed E-state index contributed by atoms with van der Waals surface area (Å²) in [7, 11) is 0. The molecular weight excluding hydrogens is 422 g/mol. The molecule has 2 aromatic carbocycles. The number of halogens is 3. The Morgan fingerprint density at radius 2 is 1.72 bits per heavy atom. The maximum absolute atomic E-state index is 6.16. The molecule has 0 radical (unpaired) electrons. The van der Waals surface area contributed by atoms with Crippen LogP contribution in [-0.4, -0.2) is 0 Å². The zero-order chi connectivity index (χ0) is 13.1. The van der Waals surface area contributed by atoms with Crippen LogP contribution >= 0.6 is 50.1 Å². The fourth-order valence-electron chi connectivity index (χ4n) is 1.78. The van der Waals surface area contributed by atoms with Gasteiger partial charge in [-0.2, -0.15) is 0 Å². The summed E-state index contributed by atoms with van der Waals surface area (Å²) in [6.45, 7) is 2.17. The molecule has 0 saturated heterocycles. The van der Waals surface area contributed by atoms with E-state index in [1.54, 1.807) is 0 Å². The van der Waals surface area contributed by atoms with Crippen molar-refractivity contribution in [2.75, 3.05) is 0 Å². The number of aryl methyl sites for hydroxylation is 1. The smallest absolute Gasteiger partial charge is 0.0645 e. The molecule has 0 aliphatic heterocycles. The lowest BCUT2D eigenvalue weighted by molar-refractivity contribution is 1.11. The molecule has 0 saturated carbocycles. The summed E-state index contributed by atoms with van der Waals surface area (Å²) in [5.74, 6) is 0. The Kier molecular flexibility index (Phi) is 5.10. The van der Waals surface area contributed by atoms with E-state index in [1.807, 2.05) is 12.1 Å². The summed E-state index contributed by atoms with van der Waals surface area (Å²) < 4.78 is 1.08. The van der Waals surface area contributed by atoms with Crippen molar-refractivity contribution < 1.29 is 0 Å². The predicted octanol–water partition coefficient (Wildman–Crippen LogP) is 5.99. The third-order valence-electron chi connectivity index (χ3n) is 2.92. The van der Waals surface area contributed by atoms with Crippen LogP contribution in [0.5, 0.6) is 0 Å². The molecule has 2 rings (SSSR count). The molecule has 0 fully saturated rings. The van der Waals surface area contributed by atoms with Crippen molar-refractivity contribution in [3.8, 4) is 0 Å². The molecule has 94 valence electrons. The van der Waals surface area contributed by atoms with Gasteiger partial charge in [-0.15, -0.1) is 0 Å². The maximum Gasteiger partial charge on any atom is 0.0645 e. The molecule has 0 aliphatic rings. The molecule has 0 nitrogen and oxygen atoms in total. The van der Waals surface area contributed by atoms with Gasteiger partial charge in [0, 0.05) is 3.57 Å². The summed E-state index contributed by atoms with van der Waals surface area (Å²) >= 11 is 12.1. The lowest BCUT2D eigenvalue weighted by Crippen LogP contribution is -1.94. The van der Waals surface area contributed by atoms with Crippen LogP contribution in [0.1, 0.15) is 28.4 Å². The van der Waals surface area contributed by atoms with Crippen LogP contribution in [0, 0.1) is 3.57 Å². The topological polar surface area (TPSA) is 0 Å². The van der Waals surface area contributed by atoms with E-state index in [2.05, 4.69) is 75.8 Å². The number of rotatable bonds is 3. The first-order valence-electron chi connectivity index (χ1n) is 5.79. The first-order valence-corrected chi connectivity index (χ1v) is 8.17. The summed E-state index contributed by atoms with van der Waals surface area (Å²) in [6.07, 6.45) is 1.07. The molecule has 0 aromatic heterocycles. The minimum absolute atomic E-state index is 0.193. The van der Waals surface area contributed by atoms with Gasteiger partial charge in [0.05, 0.1) is 9.85 Å². The van der Waals surface area contributed by atoms with Gasteiger partial charge in [-0.25, -0.2) is 0 Å². The quantitative estimate of drug-likeness (QED) is 0.410. The Morgan fingerprint density at radius 1 is 1.11 bits per heavy atom. The molecule has 0 heterocycles. The number of benzene rings is 2. The molecule has 18 heavy (non-hydrogen) atoms. The molecule has 0 spiro atoms. The lowest BCUT2D eigenvalue weighted by Gasteiger charge is -2.12. The first-order chi connectivity index (χ1) is 8.61. The van der Waals surface area contributed by atoms with E-state index in [9.17, 15) is 0 Å². The minimum Gasteiger partial charge on any atom is -0.0832 e. The third-order valence-corrected chi connectivity index (χ3v) is 5.55. The highest BCUT2D eigenvalue weighted by atomic mass is 127. The van der Waals surface area contributed by atoms with Crippen molar-refractivity contribution in [1.29, 1.82) is 0 Å². The number of hydrogen-bond donors (Lipinski definition) is 0. The van der Waals surface area contributed by atoms with Crippen molar-refractivity contribution in [3.63, 3.8) is 0 Å². The van der Waals surface area contributed by atoms with Gasteiger partial charge in [0.25, 0.3) is 0 Å². The predicted molar refractivity (Wildman–Crippen MR) is 90.8 cm³/mol. The monoisotopic (exact) mass is 434 g/mol. The molecule has 0 amide bonds.